The minimum Gasteiger partial charge on any atom is -0.454 e. The number of carbonyl (C=O) groups is 1. The summed E-state index contributed by atoms with van der Waals surface area (Å²) in [7, 11) is 0. The van der Waals surface area contributed by atoms with Crippen molar-refractivity contribution in [1.29, 1.82) is 0 Å². The highest BCUT2D eigenvalue weighted by Gasteiger charge is 2.20. The lowest BCUT2D eigenvalue weighted by atomic mass is 10.0. The molecule has 22 heavy (non-hydrogen) atoms. The minimum absolute atomic E-state index is 0.0178. The summed E-state index contributed by atoms with van der Waals surface area (Å²) in [6, 6.07) is 14.8. The number of rotatable bonds is 3. The number of hydrogen-bond acceptors (Lipinski definition) is 5. The van der Waals surface area contributed by atoms with Gasteiger partial charge in [0.25, 0.3) is 0 Å². The van der Waals surface area contributed by atoms with Crippen LogP contribution in [0.5, 0.6) is 11.5 Å². The van der Waals surface area contributed by atoms with E-state index in [1.54, 1.807) is 5.51 Å². The molecule has 2 heterocycles. The second-order valence-electron chi connectivity index (χ2n) is 4.79. The zero-order valence-electron chi connectivity index (χ0n) is 11.5. The molecule has 0 N–H and O–H groups in total. The zero-order chi connectivity index (χ0) is 14.9. The summed E-state index contributed by atoms with van der Waals surface area (Å²) in [4.78, 5) is 17.6. The molecule has 0 spiro atoms. The summed E-state index contributed by atoms with van der Waals surface area (Å²) in [6.07, 6.45) is 0. The third-order valence-electron chi connectivity index (χ3n) is 3.46. The molecule has 1 aliphatic heterocycles. The summed E-state index contributed by atoms with van der Waals surface area (Å²) >= 11 is 1.35. The normalized spacial score (nSPS) is 12.4. The topological polar surface area (TPSA) is 48.4 Å². The van der Waals surface area contributed by atoms with Gasteiger partial charge in [-0.25, -0.2) is 4.98 Å². The van der Waals surface area contributed by atoms with E-state index in [2.05, 4.69) is 4.98 Å². The third-order valence-corrected chi connectivity index (χ3v) is 4.28. The van der Waals surface area contributed by atoms with Crippen LogP contribution in [0.4, 0.5) is 0 Å². The predicted molar refractivity (Wildman–Crippen MR) is 83.5 cm³/mol. The third kappa shape index (κ3) is 2.16. The monoisotopic (exact) mass is 309 g/mol. The molecule has 0 atom stereocenters. The van der Waals surface area contributed by atoms with Crippen molar-refractivity contribution in [2.75, 3.05) is 6.79 Å². The number of ketones is 1. The molecule has 5 heteroatoms. The summed E-state index contributed by atoms with van der Waals surface area (Å²) in [5.41, 5.74) is 3.88. The fourth-order valence-electron chi connectivity index (χ4n) is 2.38. The van der Waals surface area contributed by atoms with E-state index in [1.165, 1.54) is 11.3 Å². The fraction of sp³-hybridized carbons (Fsp3) is 0.0588. The molecule has 0 saturated heterocycles. The Hall–Kier alpha value is -2.66. The molecule has 0 radical (unpaired) electrons. The van der Waals surface area contributed by atoms with E-state index in [1.807, 2.05) is 48.5 Å². The highest BCUT2D eigenvalue weighted by molar-refractivity contribution is 7.12. The largest absolute Gasteiger partial charge is 0.454 e. The standard InChI is InChI=1S/C17H11NO3S/c19-16(11-4-2-1-3-5-11)17-15(18-9-22-17)12-6-7-13-14(8-12)21-10-20-13/h1-9H,10H2. The highest BCUT2D eigenvalue weighted by Crippen LogP contribution is 2.37. The Morgan fingerprint density at radius 3 is 2.73 bits per heavy atom. The molecule has 1 aliphatic rings. The molecule has 0 fully saturated rings. The van der Waals surface area contributed by atoms with Gasteiger partial charge in [-0.3, -0.25) is 4.79 Å². The molecule has 4 rings (SSSR count). The van der Waals surface area contributed by atoms with Gasteiger partial charge in [-0.05, 0) is 18.2 Å². The number of benzene rings is 2. The first-order valence-electron chi connectivity index (χ1n) is 6.76. The van der Waals surface area contributed by atoms with Gasteiger partial charge in [0.2, 0.25) is 12.6 Å². The first kappa shape index (κ1) is 13.0. The fourth-order valence-corrected chi connectivity index (χ4v) is 3.15. The van der Waals surface area contributed by atoms with Crippen molar-refractivity contribution in [2.45, 2.75) is 0 Å². The van der Waals surface area contributed by atoms with Crippen LogP contribution < -0.4 is 9.47 Å². The first-order valence-corrected chi connectivity index (χ1v) is 7.64. The maximum atomic E-state index is 12.6. The van der Waals surface area contributed by atoms with Gasteiger partial charge in [-0.15, -0.1) is 11.3 Å². The van der Waals surface area contributed by atoms with Gasteiger partial charge in [-0.2, -0.15) is 0 Å². The molecular formula is C17H11NO3S. The van der Waals surface area contributed by atoms with Gasteiger partial charge in [0, 0.05) is 11.1 Å². The van der Waals surface area contributed by atoms with Gasteiger partial charge < -0.3 is 9.47 Å². The van der Waals surface area contributed by atoms with E-state index in [0.717, 1.165) is 11.3 Å². The summed E-state index contributed by atoms with van der Waals surface area (Å²) in [5.74, 6) is 1.38. The van der Waals surface area contributed by atoms with Gasteiger partial charge in [0.15, 0.2) is 11.5 Å². The Kier molecular flexibility index (Phi) is 3.12. The Balaban J connectivity index is 1.76. The molecule has 0 unspecified atom stereocenters. The quantitative estimate of drug-likeness (QED) is 0.691. The highest BCUT2D eigenvalue weighted by atomic mass is 32.1. The van der Waals surface area contributed by atoms with Crippen molar-refractivity contribution in [2.24, 2.45) is 0 Å². The summed E-state index contributed by atoms with van der Waals surface area (Å²) < 4.78 is 10.7. The smallest absolute Gasteiger partial charge is 0.231 e. The van der Waals surface area contributed by atoms with Crippen molar-refractivity contribution in [3.63, 3.8) is 0 Å². The van der Waals surface area contributed by atoms with E-state index in [0.29, 0.717) is 21.9 Å². The van der Waals surface area contributed by atoms with Crippen LogP contribution >= 0.6 is 11.3 Å². The zero-order valence-corrected chi connectivity index (χ0v) is 12.3. The molecule has 2 aromatic carbocycles. The van der Waals surface area contributed by atoms with E-state index in [9.17, 15) is 4.79 Å². The second kappa shape index (κ2) is 5.27. The van der Waals surface area contributed by atoms with Crippen molar-refractivity contribution in [1.82, 2.24) is 4.98 Å². The average molecular weight is 309 g/mol. The van der Waals surface area contributed by atoms with Crippen molar-refractivity contribution >= 4 is 17.1 Å². The maximum absolute atomic E-state index is 12.6. The van der Waals surface area contributed by atoms with Crippen LogP contribution in [0.15, 0.2) is 54.0 Å². The molecular weight excluding hydrogens is 298 g/mol. The number of ether oxygens (including phenoxy) is 2. The van der Waals surface area contributed by atoms with Crippen molar-refractivity contribution in [3.8, 4) is 22.8 Å². The molecule has 4 nitrogen and oxygen atoms in total. The average Bonchev–Trinajstić information content (AvgIpc) is 3.23. The lowest BCUT2D eigenvalue weighted by Crippen LogP contribution is -2.00. The van der Waals surface area contributed by atoms with Gasteiger partial charge in [0.05, 0.1) is 11.2 Å². The van der Waals surface area contributed by atoms with E-state index in [4.69, 9.17) is 9.47 Å². The molecule has 1 aromatic heterocycles. The predicted octanol–water partition coefficient (Wildman–Crippen LogP) is 3.77. The Labute approximate surface area is 131 Å². The van der Waals surface area contributed by atoms with Crippen LogP contribution in [0.25, 0.3) is 11.3 Å². The summed E-state index contributed by atoms with van der Waals surface area (Å²) in [6.45, 7) is 0.228. The maximum Gasteiger partial charge on any atom is 0.231 e. The van der Waals surface area contributed by atoms with E-state index < -0.39 is 0 Å². The van der Waals surface area contributed by atoms with Crippen LogP contribution in [0.2, 0.25) is 0 Å². The molecule has 0 amide bonds. The van der Waals surface area contributed by atoms with E-state index >= 15 is 0 Å². The number of aromatic nitrogens is 1. The molecule has 0 bridgehead atoms. The molecule has 0 saturated carbocycles. The van der Waals surface area contributed by atoms with Gasteiger partial charge >= 0.3 is 0 Å². The number of fused-ring (bicyclic) bond motifs is 1. The lowest BCUT2D eigenvalue weighted by Gasteiger charge is -2.04. The summed E-state index contributed by atoms with van der Waals surface area (Å²) in [5, 5.41) is 0. The molecule has 108 valence electrons. The lowest BCUT2D eigenvalue weighted by molar-refractivity contribution is 0.104. The minimum atomic E-state index is -0.0178. The van der Waals surface area contributed by atoms with Crippen LogP contribution in [-0.2, 0) is 0 Å². The number of nitrogens with zero attached hydrogens (tertiary/aromatic N) is 1. The molecule has 3 aromatic rings. The van der Waals surface area contributed by atoms with Crippen LogP contribution in [0.3, 0.4) is 0 Å². The van der Waals surface area contributed by atoms with Gasteiger partial charge in [-0.1, -0.05) is 30.3 Å². The second-order valence-corrected chi connectivity index (χ2v) is 5.65. The van der Waals surface area contributed by atoms with Gasteiger partial charge in [0.1, 0.15) is 4.88 Å². The Morgan fingerprint density at radius 2 is 1.86 bits per heavy atom. The Morgan fingerprint density at radius 1 is 1.05 bits per heavy atom. The molecule has 0 aliphatic carbocycles. The SMILES string of the molecule is O=C(c1ccccc1)c1scnc1-c1ccc2c(c1)OCO2. The first-order chi connectivity index (χ1) is 10.8. The van der Waals surface area contributed by atoms with Crippen molar-refractivity contribution in [3.05, 3.63) is 64.5 Å². The van der Waals surface area contributed by atoms with E-state index in [-0.39, 0.29) is 12.6 Å². The Bertz CT molecular complexity index is 842. The number of thiazole rings is 1. The van der Waals surface area contributed by atoms with Crippen LogP contribution in [0.1, 0.15) is 15.2 Å². The number of carbonyl (C=O) groups excluding carboxylic acids is 1. The van der Waals surface area contributed by atoms with Crippen molar-refractivity contribution < 1.29 is 14.3 Å². The number of hydrogen-bond donors (Lipinski definition) is 0. The van der Waals surface area contributed by atoms with Crippen LogP contribution in [-0.4, -0.2) is 17.6 Å². The van der Waals surface area contributed by atoms with Crippen LogP contribution in [0, 0.1) is 0 Å².